The average molecular weight is 510 g/mol. The molecule has 8 heteroatoms. The van der Waals surface area contributed by atoms with Crippen molar-refractivity contribution in [3.63, 3.8) is 0 Å². The standard InChI is InChI=1S/C21H26N4O3.HI/c1-2-22-21(25-17-12-16-8-9-18(17)28-16)23-13-14-5-3-6-15(11-14)24-20(26)19-7-4-10-27-19;/h3-7,10-11,16-18H,2,8-9,12-13H2,1H3,(H,24,26)(H2,22,23,25);1H. The maximum atomic E-state index is 12.1. The highest BCUT2D eigenvalue weighted by atomic mass is 127. The maximum Gasteiger partial charge on any atom is 0.291 e. The summed E-state index contributed by atoms with van der Waals surface area (Å²) in [4.78, 5) is 16.8. The summed E-state index contributed by atoms with van der Waals surface area (Å²) in [5, 5.41) is 9.67. The molecule has 2 aliphatic heterocycles. The molecule has 3 heterocycles. The molecule has 3 unspecified atom stereocenters. The van der Waals surface area contributed by atoms with E-state index in [4.69, 9.17) is 14.1 Å². The lowest BCUT2D eigenvalue weighted by Crippen LogP contribution is -2.47. The van der Waals surface area contributed by atoms with Gasteiger partial charge in [-0.3, -0.25) is 4.79 Å². The van der Waals surface area contributed by atoms with Crippen LogP contribution in [0.5, 0.6) is 0 Å². The van der Waals surface area contributed by atoms with E-state index in [1.54, 1.807) is 12.1 Å². The number of furan rings is 1. The van der Waals surface area contributed by atoms with E-state index in [9.17, 15) is 4.79 Å². The monoisotopic (exact) mass is 510 g/mol. The van der Waals surface area contributed by atoms with Gasteiger partial charge in [0.2, 0.25) is 0 Å². The number of ether oxygens (including phenoxy) is 1. The molecule has 7 nitrogen and oxygen atoms in total. The maximum absolute atomic E-state index is 12.1. The average Bonchev–Trinajstić information content (AvgIpc) is 3.44. The van der Waals surface area contributed by atoms with Gasteiger partial charge in [-0.05, 0) is 56.0 Å². The van der Waals surface area contributed by atoms with Crippen LogP contribution in [0.15, 0.2) is 52.1 Å². The van der Waals surface area contributed by atoms with Crippen molar-refractivity contribution in [3.8, 4) is 0 Å². The highest BCUT2D eigenvalue weighted by Gasteiger charge is 2.41. The first-order valence-electron chi connectivity index (χ1n) is 9.85. The van der Waals surface area contributed by atoms with Crippen LogP contribution in [0.3, 0.4) is 0 Å². The van der Waals surface area contributed by atoms with Gasteiger partial charge in [0.25, 0.3) is 5.91 Å². The minimum atomic E-state index is -0.267. The van der Waals surface area contributed by atoms with E-state index in [-0.39, 0.29) is 35.6 Å². The molecule has 1 amide bonds. The highest BCUT2D eigenvalue weighted by molar-refractivity contribution is 14.0. The van der Waals surface area contributed by atoms with E-state index < -0.39 is 0 Å². The van der Waals surface area contributed by atoms with Crippen LogP contribution in [-0.2, 0) is 11.3 Å². The molecule has 0 saturated carbocycles. The summed E-state index contributed by atoms with van der Waals surface area (Å²) in [6.07, 6.45) is 5.53. The lowest BCUT2D eigenvalue weighted by molar-refractivity contribution is 0.0990. The number of hydrogen-bond donors (Lipinski definition) is 3. The molecule has 2 saturated heterocycles. The van der Waals surface area contributed by atoms with Crippen LogP contribution in [0, 0.1) is 0 Å². The molecule has 4 rings (SSSR count). The number of aliphatic imine (C=N–C) groups is 1. The number of carbonyl (C=O) groups is 1. The van der Waals surface area contributed by atoms with Crippen LogP contribution in [0.25, 0.3) is 0 Å². The van der Waals surface area contributed by atoms with Gasteiger partial charge in [-0.1, -0.05) is 12.1 Å². The number of rotatable bonds is 6. The second-order valence-corrected chi connectivity index (χ2v) is 7.19. The Bertz CT molecular complexity index is 840. The Morgan fingerprint density at radius 2 is 2.14 bits per heavy atom. The first kappa shape index (κ1) is 21.6. The van der Waals surface area contributed by atoms with E-state index >= 15 is 0 Å². The van der Waals surface area contributed by atoms with Crippen molar-refractivity contribution in [3.05, 3.63) is 54.0 Å². The molecule has 3 atom stereocenters. The minimum Gasteiger partial charge on any atom is -0.459 e. The third-order valence-corrected chi connectivity index (χ3v) is 5.12. The fourth-order valence-corrected chi connectivity index (χ4v) is 3.80. The number of guanidine groups is 1. The molecule has 0 spiro atoms. The third-order valence-electron chi connectivity index (χ3n) is 5.12. The predicted molar refractivity (Wildman–Crippen MR) is 123 cm³/mol. The summed E-state index contributed by atoms with van der Waals surface area (Å²) < 4.78 is 11.0. The summed E-state index contributed by atoms with van der Waals surface area (Å²) in [5.41, 5.74) is 1.73. The first-order chi connectivity index (χ1) is 13.7. The Balaban J connectivity index is 0.00000240. The third kappa shape index (κ3) is 5.51. The zero-order valence-electron chi connectivity index (χ0n) is 16.4. The van der Waals surface area contributed by atoms with Gasteiger partial charge >= 0.3 is 0 Å². The Labute approximate surface area is 187 Å². The van der Waals surface area contributed by atoms with Gasteiger partial charge in [0.1, 0.15) is 0 Å². The molecule has 3 N–H and O–H groups in total. The van der Waals surface area contributed by atoms with Crippen LogP contribution < -0.4 is 16.0 Å². The van der Waals surface area contributed by atoms with Crippen LogP contribution >= 0.6 is 24.0 Å². The lowest BCUT2D eigenvalue weighted by Gasteiger charge is -2.22. The summed E-state index contributed by atoms with van der Waals surface area (Å²) in [6, 6.07) is 11.3. The van der Waals surface area contributed by atoms with Gasteiger partial charge in [0.15, 0.2) is 11.7 Å². The van der Waals surface area contributed by atoms with Gasteiger partial charge < -0.3 is 25.1 Å². The highest BCUT2D eigenvalue weighted by Crippen LogP contribution is 2.34. The van der Waals surface area contributed by atoms with E-state index in [2.05, 4.69) is 22.9 Å². The molecule has 2 aliphatic rings. The smallest absolute Gasteiger partial charge is 0.291 e. The topological polar surface area (TPSA) is 87.9 Å². The Morgan fingerprint density at radius 1 is 1.24 bits per heavy atom. The Kier molecular flexibility index (Phi) is 7.54. The number of carbonyl (C=O) groups excluding carboxylic acids is 1. The van der Waals surface area contributed by atoms with Crippen molar-refractivity contribution in [1.82, 2.24) is 10.6 Å². The van der Waals surface area contributed by atoms with Gasteiger partial charge in [0, 0.05) is 12.2 Å². The molecule has 1 aromatic carbocycles. The van der Waals surface area contributed by atoms with E-state index in [1.165, 1.54) is 12.7 Å². The number of halogens is 1. The zero-order valence-corrected chi connectivity index (χ0v) is 18.7. The van der Waals surface area contributed by atoms with Crippen molar-refractivity contribution >= 4 is 41.5 Å². The van der Waals surface area contributed by atoms with E-state index in [0.717, 1.165) is 30.9 Å². The first-order valence-corrected chi connectivity index (χ1v) is 9.85. The second kappa shape index (κ2) is 10.1. The van der Waals surface area contributed by atoms with Crippen LogP contribution in [0.1, 0.15) is 42.3 Å². The number of amides is 1. The largest absolute Gasteiger partial charge is 0.459 e. The molecular weight excluding hydrogens is 483 g/mol. The quantitative estimate of drug-likeness (QED) is 0.315. The van der Waals surface area contributed by atoms with Crippen molar-refractivity contribution in [1.29, 1.82) is 0 Å². The fourth-order valence-electron chi connectivity index (χ4n) is 3.80. The van der Waals surface area contributed by atoms with Gasteiger partial charge in [-0.25, -0.2) is 4.99 Å². The summed E-state index contributed by atoms with van der Waals surface area (Å²) in [5.74, 6) is 0.820. The predicted octanol–water partition coefficient (Wildman–Crippen LogP) is 3.52. The van der Waals surface area contributed by atoms with Gasteiger partial charge in [-0.2, -0.15) is 0 Å². The van der Waals surface area contributed by atoms with Crippen LogP contribution in [-0.4, -0.2) is 36.7 Å². The van der Waals surface area contributed by atoms with Crippen molar-refractivity contribution in [2.24, 2.45) is 4.99 Å². The van der Waals surface area contributed by atoms with Gasteiger partial charge in [-0.15, -0.1) is 24.0 Å². The van der Waals surface area contributed by atoms with Crippen molar-refractivity contribution < 1.29 is 13.9 Å². The Hall–Kier alpha value is -2.07. The molecule has 0 aliphatic carbocycles. The molecule has 29 heavy (non-hydrogen) atoms. The number of nitrogens with zero attached hydrogens (tertiary/aromatic N) is 1. The van der Waals surface area contributed by atoms with Gasteiger partial charge in [0.05, 0.1) is 31.1 Å². The normalized spacial score (nSPS) is 22.8. The molecule has 156 valence electrons. The molecule has 2 fully saturated rings. The van der Waals surface area contributed by atoms with Crippen molar-refractivity contribution in [2.75, 3.05) is 11.9 Å². The molecule has 2 aromatic rings. The van der Waals surface area contributed by atoms with Crippen LogP contribution in [0.2, 0.25) is 0 Å². The summed E-state index contributed by atoms with van der Waals surface area (Å²) in [7, 11) is 0. The molecular formula is C21H27IN4O3. The van der Waals surface area contributed by atoms with E-state index in [0.29, 0.717) is 30.5 Å². The second-order valence-electron chi connectivity index (χ2n) is 7.19. The molecule has 0 radical (unpaired) electrons. The lowest BCUT2D eigenvalue weighted by atomic mass is 9.96. The summed E-state index contributed by atoms with van der Waals surface area (Å²) in [6.45, 7) is 3.37. The number of benzene rings is 1. The van der Waals surface area contributed by atoms with E-state index in [1.807, 2.05) is 24.3 Å². The Morgan fingerprint density at radius 3 is 2.83 bits per heavy atom. The minimum absolute atomic E-state index is 0. The number of hydrogen-bond acceptors (Lipinski definition) is 4. The number of fused-ring (bicyclic) bond motifs is 2. The molecule has 1 aromatic heterocycles. The fraction of sp³-hybridized carbons (Fsp3) is 0.429. The number of nitrogens with one attached hydrogen (secondary N) is 3. The SMILES string of the molecule is CCNC(=NCc1cccc(NC(=O)c2ccco2)c1)NC1CC2CCC1O2.I. The molecule has 2 bridgehead atoms. The number of anilines is 1. The van der Waals surface area contributed by atoms with Crippen molar-refractivity contribution in [2.45, 2.75) is 51.0 Å². The van der Waals surface area contributed by atoms with Crippen LogP contribution in [0.4, 0.5) is 5.69 Å². The zero-order chi connectivity index (χ0) is 19.3. The summed E-state index contributed by atoms with van der Waals surface area (Å²) >= 11 is 0.